The van der Waals surface area contributed by atoms with E-state index in [0.717, 1.165) is 18.5 Å². The van der Waals surface area contributed by atoms with E-state index in [2.05, 4.69) is 5.32 Å². The summed E-state index contributed by atoms with van der Waals surface area (Å²) in [7, 11) is -0.961. The third kappa shape index (κ3) is 3.37. The molecule has 1 N–H and O–H groups in total. The van der Waals surface area contributed by atoms with E-state index in [1.165, 1.54) is 0 Å². The Labute approximate surface area is 112 Å². The molecular formula is C12H16ClNO3S. The molecule has 1 aliphatic rings. The molecule has 6 heteroatoms. The van der Waals surface area contributed by atoms with Crippen LogP contribution in [0.15, 0.2) is 18.2 Å². The lowest BCUT2D eigenvalue weighted by molar-refractivity contribution is 0.230. The molecule has 0 bridgehead atoms. The summed E-state index contributed by atoms with van der Waals surface area (Å²) in [6, 6.07) is 5.62. The number of rotatable bonds is 5. The van der Waals surface area contributed by atoms with E-state index in [9.17, 15) is 8.42 Å². The molecule has 1 fully saturated rings. The molecule has 1 aliphatic heterocycles. The molecule has 1 heterocycles. The molecule has 0 amide bonds. The Morgan fingerprint density at radius 2 is 2.17 bits per heavy atom. The molecule has 2 rings (SSSR count). The highest BCUT2D eigenvalue weighted by Crippen LogP contribution is 2.28. The minimum Gasteiger partial charge on any atom is -0.487 e. The van der Waals surface area contributed by atoms with Crippen molar-refractivity contribution in [1.29, 1.82) is 0 Å². The number of benzene rings is 1. The zero-order chi connectivity index (χ0) is 13.2. The van der Waals surface area contributed by atoms with Gasteiger partial charge in [-0.2, -0.15) is 0 Å². The van der Waals surface area contributed by atoms with Crippen molar-refractivity contribution in [3.63, 3.8) is 0 Å². The SMILES string of the molecule is CNCCc1ccc(OC2CS(=O)(=O)C2)c(Cl)c1. The van der Waals surface area contributed by atoms with E-state index >= 15 is 0 Å². The normalized spacial score (nSPS) is 18.3. The van der Waals surface area contributed by atoms with E-state index in [1.54, 1.807) is 6.07 Å². The fourth-order valence-corrected chi connectivity index (χ4v) is 3.25. The summed E-state index contributed by atoms with van der Waals surface area (Å²) in [4.78, 5) is 0. The third-order valence-corrected chi connectivity index (χ3v) is 4.89. The lowest BCUT2D eigenvalue weighted by Crippen LogP contribution is -2.45. The first-order valence-corrected chi connectivity index (χ1v) is 8.00. The monoisotopic (exact) mass is 289 g/mol. The van der Waals surface area contributed by atoms with Crippen molar-refractivity contribution in [1.82, 2.24) is 5.32 Å². The van der Waals surface area contributed by atoms with Gasteiger partial charge >= 0.3 is 0 Å². The van der Waals surface area contributed by atoms with Crippen molar-refractivity contribution < 1.29 is 13.2 Å². The second-order valence-corrected chi connectivity index (χ2v) is 7.00. The first-order valence-electron chi connectivity index (χ1n) is 5.80. The van der Waals surface area contributed by atoms with E-state index in [4.69, 9.17) is 16.3 Å². The van der Waals surface area contributed by atoms with Crippen LogP contribution < -0.4 is 10.1 Å². The zero-order valence-corrected chi connectivity index (χ0v) is 11.7. The Kier molecular flexibility index (Phi) is 4.14. The Bertz CT molecular complexity index is 518. The number of ether oxygens (including phenoxy) is 1. The highest BCUT2D eigenvalue weighted by atomic mass is 35.5. The molecule has 100 valence electrons. The maximum atomic E-state index is 11.0. The van der Waals surface area contributed by atoms with Gasteiger partial charge in [-0.15, -0.1) is 0 Å². The molecule has 18 heavy (non-hydrogen) atoms. The van der Waals surface area contributed by atoms with Crippen LogP contribution in [0.5, 0.6) is 5.75 Å². The lowest BCUT2D eigenvalue weighted by atomic mass is 10.1. The first kappa shape index (κ1) is 13.6. The Hall–Kier alpha value is -0.780. The summed E-state index contributed by atoms with van der Waals surface area (Å²) >= 11 is 6.11. The summed E-state index contributed by atoms with van der Waals surface area (Å²) in [6.07, 6.45) is 0.643. The van der Waals surface area contributed by atoms with Crippen LogP contribution in [0, 0.1) is 0 Å². The molecule has 1 saturated heterocycles. The third-order valence-electron chi connectivity index (χ3n) is 2.83. The second kappa shape index (κ2) is 5.47. The quantitative estimate of drug-likeness (QED) is 0.887. The van der Waals surface area contributed by atoms with Crippen molar-refractivity contribution in [3.05, 3.63) is 28.8 Å². The minimum atomic E-state index is -2.86. The van der Waals surface area contributed by atoms with E-state index < -0.39 is 9.84 Å². The van der Waals surface area contributed by atoms with Gasteiger partial charge in [0.1, 0.15) is 11.9 Å². The highest BCUT2D eigenvalue weighted by molar-refractivity contribution is 7.92. The Morgan fingerprint density at radius 1 is 1.44 bits per heavy atom. The van der Waals surface area contributed by atoms with E-state index in [1.807, 2.05) is 19.2 Å². The van der Waals surface area contributed by atoms with Crippen LogP contribution in [0.2, 0.25) is 5.02 Å². The van der Waals surface area contributed by atoms with Gasteiger partial charge < -0.3 is 10.1 Å². The summed E-state index contributed by atoms with van der Waals surface area (Å²) in [5, 5.41) is 3.60. The molecule has 0 saturated carbocycles. The second-order valence-electron chi connectivity index (χ2n) is 4.44. The molecule has 0 aliphatic carbocycles. The number of sulfone groups is 1. The van der Waals surface area contributed by atoms with Gasteiger partial charge in [0.2, 0.25) is 0 Å². The average Bonchev–Trinajstić information content (AvgIpc) is 2.27. The topological polar surface area (TPSA) is 55.4 Å². The van der Waals surface area contributed by atoms with Gasteiger partial charge in [0.05, 0.1) is 16.5 Å². The summed E-state index contributed by atoms with van der Waals surface area (Å²) in [5.74, 6) is 0.736. The number of nitrogens with one attached hydrogen (secondary N) is 1. The van der Waals surface area contributed by atoms with Crippen LogP contribution in [-0.4, -0.2) is 39.6 Å². The average molecular weight is 290 g/mol. The standard InChI is InChI=1S/C12H16ClNO3S/c1-14-5-4-9-2-3-12(11(13)6-9)17-10-7-18(15,16)8-10/h2-3,6,10,14H,4-5,7-8H2,1H3. The molecule has 0 aromatic heterocycles. The number of likely N-dealkylation sites (N-methyl/N-ethyl adjacent to an activating group) is 1. The molecule has 0 radical (unpaired) electrons. The van der Waals surface area contributed by atoms with Crippen LogP contribution in [-0.2, 0) is 16.3 Å². The fourth-order valence-electron chi connectivity index (χ4n) is 1.83. The van der Waals surface area contributed by atoms with Crippen molar-refractivity contribution in [2.45, 2.75) is 12.5 Å². The van der Waals surface area contributed by atoms with Gasteiger partial charge in [0.15, 0.2) is 9.84 Å². The summed E-state index contributed by atoms with van der Waals surface area (Å²) in [5.41, 5.74) is 1.13. The predicted molar refractivity (Wildman–Crippen MR) is 72.2 cm³/mol. The van der Waals surface area contributed by atoms with Crippen LogP contribution in [0.1, 0.15) is 5.56 Å². The molecule has 0 unspecified atom stereocenters. The molecule has 0 spiro atoms. The zero-order valence-electron chi connectivity index (χ0n) is 10.1. The van der Waals surface area contributed by atoms with Gasteiger partial charge in [-0.25, -0.2) is 8.42 Å². The number of hydrogen-bond acceptors (Lipinski definition) is 4. The molecule has 1 aromatic rings. The van der Waals surface area contributed by atoms with Crippen LogP contribution in [0.3, 0.4) is 0 Å². The fraction of sp³-hybridized carbons (Fsp3) is 0.500. The highest BCUT2D eigenvalue weighted by Gasteiger charge is 2.35. The summed E-state index contributed by atoms with van der Waals surface area (Å²) in [6.45, 7) is 0.886. The molecule has 4 nitrogen and oxygen atoms in total. The smallest absolute Gasteiger partial charge is 0.157 e. The maximum absolute atomic E-state index is 11.0. The van der Waals surface area contributed by atoms with Crippen molar-refractivity contribution in [2.24, 2.45) is 0 Å². The van der Waals surface area contributed by atoms with Crippen molar-refractivity contribution in [2.75, 3.05) is 25.1 Å². The number of halogens is 1. The van der Waals surface area contributed by atoms with E-state index in [0.29, 0.717) is 10.8 Å². The molecular weight excluding hydrogens is 274 g/mol. The van der Waals surface area contributed by atoms with Gasteiger partial charge in [0, 0.05) is 0 Å². The lowest BCUT2D eigenvalue weighted by Gasteiger charge is -2.27. The summed E-state index contributed by atoms with van der Waals surface area (Å²) < 4.78 is 27.6. The largest absolute Gasteiger partial charge is 0.487 e. The number of hydrogen-bond donors (Lipinski definition) is 1. The minimum absolute atomic E-state index is 0.0881. The molecule has 0 atom stereocenters. The Balaban J connectivity index is 1.97. The van der Waals surface area contributed by atoms with Crippen molar-refractivity contribution in [3.8, 4) is 5.75 Å². The van der Waals surface area contributed by atoms with Crippen LogP contribution >= 0.6 is 11.6 Å². The van der Waals surface area contributed by atoms with Crippen LogP contribution in [0.4, 0.5) is 0 Å². The van der Waals surface area contributed by atoms with Gasteiger partial charge in [0.25, 0.3) is 0 Å². The Morgan fingerprint density at radius 3 is 2.72 bits per heavy atom. The first-order chi connectivity index (χ1) is 8.50. The van der Waals surface area contributed by atoms with Crippen molar-refractivity contribution >= 4 is 21.4 Å². The van der Waals surface area contributed by atoms with Gasteiger partial charge in [-0.05, 0) is 37.7 Å². The maximum Gasteiger partial charge on any atom is 0.157 e. The van der Waals surface area contributed by atoms with E-state index in [-0.39, 0.29) is 17.6 Å². The van der Waals surface area contributed by atoms with Gasteiger partial charge in [-0.1, -0.05) is 17.7 Å². The molecule has 1 aromatic carbocycles. The van der Waals surface area contributed by atoms with Crippen LogP contribution in [0.25, 0.3) is 0 Å². The van der Waals surface area contributed by atoms with Gasteiger partial charge in [-0.3, -0.25) is 0 Å². The predicted octanol–water partition coefficient (Wildman–Crippen LogP) is 1.28.